The van der Waals surface area contributed by atoms with E-state index in [4.69, 9.17) is 4.74 Å². The Morgan fingerprint density at radius 2 is 2.00 bits per heavy atom. The maximum absolute atomic E-state index is 13.1. The van der Waals surface area contributed by atoms with Gasteiger partial charge in [-0.2, -0.15) is 4.68 Å². The lowest BCUT2D eigenvalue weighted by Crippen LogP contribution is -2.44. The lowest BCUT2D eigenvalue weighted by Gasteiger charge is -2.38. The van der Waals surface area contributed by atoms with Crippen LogP contribution in [0.1, 0.15) is 42.0 Å². The van der Waals surface area contributed by atoms with Gasteiger partial charge in [-0.05, 0) is 57.5 Å². The number of ether oxygens (including phenoxy) is 1. The summed E-state index contributed by atoms with van der Waals surface area (Å²) in [5, 5.41) is 4.60. The Hall–Kier alpha value is -1.71. The van der Waals surface area contributed by atoms with Crippen molar-refractivity contribution in [2.45, 2.75) is 43.1 Å². The maximum Gasteiger partial charge on any atom is 0.309 e. The number of piperidine rings is 1. The highest BCUT2D eigenvalue weighted by atomic mass is 79.9. The van der Waals surface area contributed by atoms with E-state index in [2.05, 4.69) is 43.0 Å². The molecule has 0 N–H and O–H groups in total. The summed E-state index contributed by atoms with van der Waals surface area (Å²) in [5.41, 5.74) is 1.08. The molecule has 1 saturated heterocycles. The Morgan fingerprint density at radius 1 is 1.31 bits per heavy atom. The number of likely N-dealkylation sites (tertiary alicyclic amines) is 1. The van der Waals surface area contributed by atoms with Crippen molar-refractivity contribution in [3.05, 3.63) is 40.1 Å². The van der Waals surface area contributed by atoms with E-state index in [-0.39, 0.29) is 29.1 Å². The number of benzene rings is 1. The normalized spacial score (nSPS) is 21.2. The van der Waals surface area contributed by atoms with Gasteiger partial charge in [0, 0.05) is 4.47 Å². The van der Waals surface area contributed by atoms with Gasteiger partial charge in [0.1, 0.15) is 11.1 Å². The fourth-order valence-electron chi connectivity index (χ4n) is 4.01. The summed E-state index contributed by atoms with van der Waals surface area (Å²) in [6.45, 7) is 5.51. The minimum Gasteiger partial charge on any atom is -0.466 e. The van der Waals surface area contributed by atoms with Crippen molar-refractivity contribution in [3.8, 4) is 0 Å². The molecule has 1 aromatic carbocycles. The van der Waals surface area contributed by atoms with Crippen molar-refractivity contribution in [1.82, 2.24) is 19.7 Å². The van der Waals surface area contributed by atoms with Gasteiger partial charge in [-0.3, -0.25) is 14.5 Å². The van der Waals surface area contributed by atoms with Crippen molar-refractivity contribution < 1.29 is 14.3 Å². The smallest absolute Gasteiger partial charge is 0.309 e. The topological polar surface area (TPSA) is 77.3 Å². The van der Waals surface area contributed by atoms with Gasteiger partial charge < -0.3 is 4.74 Å². The van der Waals surface area contributed by atoms with Gasteiger partial charge in [0.2, 0.25) is 0 Å². The molecule has 2 aliphatic heterocycles. The summed E-state index contributed by atoms with van der Waals surface area (Å²) in [6.07, 6.45) is 1.47. The molecule has 154 valence electrons. The fraction of sp³-hybridized carbons (Fsp3) is 0.500. The predicted octanol–water partition coefficient (Wildman–Crippen LogP) is 3.48. The first kappa shape index (κ1) is 20.6. The highest BCUT2D eigenvalue weighted by Crippen LogP contribution is 2.42. The molecule has 0 saturated carbocycles. The molecular weight excluding hydrogens is 456 g/mol. The fourth-order valence-corrected chi connectivity index (χ4v) is 5.58. The Balaban J connectivity index is 1.57. The Kier molecular flexibility index (Phi) is 6.08. The molecule has 2 unspecified atom stereocenters. The van der Waals surface area contributed by atoms with Crippen LogP contribution < -0.4 is 0 Å². The first-order valence-corrected chi connectivity index (χ1v) is 11.5. The molecule has 4 rings (SSSR count). The first-order chi connectivity index (χ1) is 14.0. The number of esters is 1. The SMILES string of the molecule is CCOC(=O)C1CCN(C(c2ccc(Br)cc2)C2Sc3nc(C)nn3C2=O)CC1. The average Bonchev–Trinajstić information content (AvgIpc) is 3.22. The highest BCUT2D eigenvalue weighted by molar-refractivity contribution is 9.10. The van der Waals surface area contributed by atoms with Crippen molar-refractivity contribution in [3.63, 3.8) is 0 Å². The van der Waals surface area contributed by atoms with Crippen LogP contribution in [0, 0.1) is 12.8 Å². The van der Waals surface area contributed by atoms with Gasteiger partial charge in [0.25, 0.3) is 5.91 Å². The van der Waals surface area contributed by atoms with E-state index in [1.807, 2.05) is 19.1 Å². The summed E-state index contributed by atoms with van der Waals surface area (Å²) >= 11 is 4.96. The van der Waals surface area contributed by atoms with Gasteiger partial charge in [-0.25, -0.2) is 4.98 Å². The van der Waals surface area contributed by atoms with E-state index in [1.165, 1.54) is 16.4 Å². The number of carbonyl (C=O) groups excluding carboxylic acids is 2. The van der Waals surface area contributed by atoms with E-state index in [9.17, 15) is 9.59 Å². The molecule has 0 radical (unpaired) electrons. The third kappa shape index (κ3) is 4.13. The second kappa shape index (κ2) is 8.57. The van der Waals surface area contributed by atoms with Crippen LogP contribution >= 0.6 is 27.7 Å². The lowest BCUT2D eigenvalue weighted by atomic mass is 9.93. The molecule has 0 bridgehead atoms. The van der Waals surface area contributed by atoms with E-state index >= 15 is 0 Å². The van der Waals surface area contributed by atoms with E-state index in [0.29, 0.717) is 17.6 Å². The zero-order valence-corrected chi connectivity index (χ0v) is 18.8. The standard InChI is InChI=1S/C20H23BrN4O3S/c1-3-28-19(27)14-8-10-24(11-9-14)16(13-4-6-15(21)7-5-13)17-18(26)25-20(29-17)22-12(2)23-25/h4-7,14,16-17H,3,8-11H2,1-2H3. The molecule has 0 aliphatic carbocycles. The molecule has 1 aromatic heterocycles. The minimum atomic E-state index is -0.314. The van der Waals surface area contributed by atoms with Crippen LogP contribution in [-0.4, -0.2) is 56.5 Å². The zero-order valence-electron chi connectivity index (χ0n) is 16.4. The quantitative estimate of drug-likeness (QED) is 0.608. The van der Waals surface area contributed by atoms with E-state index in [0.717, 1.165) is 36.0 Å². The largest absolute Gasteiger partial charge is 0.466 e. The van der Waals surface area contributed by atoms with Crippen molar-refractivity contribution in [1.29, 1.82) is 0 Å². The molecular formula is C20H23BrN4O3S. The van der Waals surface area contributed by atoms with Crippen LogP contribution in [0.2, 0.25) is 0 Å². The second-order valence-electron chi connectivity index (χ2n) is 7.29. The van der Waals surface area contributed by atoms with Crippen molar-refractivity contribution >= 4 is 39.6 Å². The third-order valence-corrected chi connectivity index (χ3v) is 7.13. The zero-order chi connectivity index (χ0) is 20.5. The molecule has 3 heterocycles. The number of aryl methyl sites for hydroxylation is 1. The summed E-state index contributed by atoms with van der Waals surface area (Å²) in [6, 6.07) is 8.00. The van der Waals surface area contributed by atoms with Gasteiger partial charge in [0.15, 0.2) is 5.16 Å². The van der Waals surface area contributed by atoms with Crippen LogP contribution in [0.25, 0.3) is 0 Å². The highest BCUT2D eigenvalue weighted by Gasteiger charge is 2.44. The number of carbonyl (C=O) groups is 2. The summed E-state index contributed by atoms with van der Waals surface area (Å²) < 4.78 is 7.62. The number of hydrogen-bond donors (Lipinski definition) is 0. The number of nitrogens with zero attached hydrogens (tertiary/aromatic N) is 4. The number of fused-ring (bicyclic) bond motifs is 1. The molecule has 7 nitrogen and oxygen atoms in total. The van der Waals surface area contributed by atoms with Crippen molar-refractivity contribution in [2.75, 3.05) is 19.7 Å². The van der Waals surface area contributed by atoms with Crippen molar-refractivity contribution in [2.24, 2.45) is 5.92 Å². The molecule has 0 spiro atoms. The summed E-state index contributed by atoms with van der Waals surface area (Å²) in [4.78, 5) is 31.9. The molecule has 0 amide bonds. The van der Waals surface area contributed by atoms with Gasteiger partial charge in [-0.15, -0.1) is 5.10 Å². The Bertz CT molecular complexity index is 909. The third-order valence-electron chi connectivity index (χ3n) is 5.41. The predicted molar refractivity (Wildman–Crippen MR) is 113 cm³/mol. The van der Waals surface area contributed by atoms with Crippen LogP contribution in [0.15, 0.2) is 33.9 Å². The van der Waals surface area contributed by atoms with Crippen LogP contribution in [-0.2, 0) is 9.53 Å². The number of rotatable bonds is 5. The van der Waals surface area contributed by atoms with Crippen LogP contribution in [0.3, 0.4) is 0 Å². The monoisotopic (exact) mass is 478 g/mol. The number of halogens is 1. The molecule has 1 fully saturated rings. The summed E-state index contributed by atoms with van der Waals surface area (Å²) in [7, 11) is 0. The molecule has 2 aromatic rings. The number of thioether (sulfide) groups is 1. The van der Waals surface area contributed by atoms with Gasteiger partial charge in [0.05, 0.1) is 18.6 Å². The molecule has 9 heteroatoms. The van der Waals surface area contributed by atoms with E-state index in [1.54, 1.807) is 6.92 Å². The second-order valence-corrected chi connectivity index (χ2v) is 9.31. The maximum atomic E-state index is 13.1. The Labute approximate surface area is 182 Å². The van der Waals surface area contributed by atoms with E-state index < -0.39 is 0 Å². The van der Waals surface area contributed by atoms with Gasteiger partial charge >= 0.3 is 5.97 Å². The number of hydrogen-bond acceptors (Lipinski definition) is 7. The molecule has 2 aliphatic rings. The average molecular weight is 479 g/mol. The first-order valence-electron chi connectivity index (χ1n) is 9.78. The summed E-state index contributed by atoms with van der Waals surface area (Å²) in [5.74, 6) is 0.391. The molecule has 2 atom stereocenters. The Morgan fingerprint density at radius 3 is 2.62 bits per heavy atom. The molecule has 29 heavy (non-hydrogen) atoms. The van der Waals surface area contributed by atoms with Gasteiger partial charge in [-0.1, -0.05) is 39.8 Å². The van der Waals surface area contributed by atoms with Crippen LogP contribution in [0.5, 0.6) is 0 Å². The lowest BCUT2D eigenvalue weighted by molar-refractivity contribution is -0.149. The number of aromatic nitrogens is 3. The minimum absolute atomic E-state index is 0.0361. The van der Waals surface area contributed by atoms with Crippen LogP contribution in [0.4, 0.5) is 0 Å².